The quantitative estimate of drug-likeness (QED) is 0.645. The second kappa shape index (κ2) is 3.61. The van der Waals surface area contributed by atoms with E-state index >= 15 is 0 Å². The topological polar surface area (TPSA) is 0 Å². The maximum Gasteiger partial charge on any atom is 0.266 e. The van der Waals surface area contributed by atoms with E-state index in [4.69, 9.17) is 0 Å². The second-order valence-electron chi connectivity index (χ2n) is 2.51. The molecule has 0 atom stereocenters. The Morgan fingerprint density at radius 1 is 1.33 bits per heavy atom. The number of halogens is 3. The average Bonchev–Trinajstić information content (AvgIpc) is 2.03. The van der Waals surface area contributed by atoms with Gasteiger partial charge >= 0.3 is 0 Å². The summed E-state index contributed by atoms with van der Waals surface area (Å²) in [6, 6.07) is 3.81. The van der Waals surface area contributed by atoms with Gasteiger partial charge in [-0.2, -0.15) is 0 Å². The molecule has 0 nitrogen and oxygen atoms in total. The summed E-state index contributed by atoms with van der Waals surface area (Å²) in [6.07, 6.45) is -2.07. The predicted octanol–water partition coefficient (Wildman–Crippen LogP) is 3.33. The minimum atomic E-state index is -2.73. The van der Waals surface area contributed by atoms with Crippen molar-refractivity contribution in [3.63, 3.8) is 0 Å². The molecule has 1 rings (SSSR count). The van der Waals surface area contributed by atoms with Crippen LogP contribution < -0.4 is 0 Å². The van der Waals surface area contributed by atoms with Crippen molar-refractivity contribution >= 4 is 0 Å². The Morgan fingerprint density at radius 3 is 2.42 bits per heavy atom. The van der Waals surface area contributed by atoms with Gasteiger partial charge in [0.2, 0.25) is 0 Å². The molecule has 0 amide bonds. The molecule has 0 N–H and O–H groups in total. The van der Waals surface area contributed by atoms with Gasteiger partial charge in [-0.3, -0.25) is 0 Å². The summed E-state index contributed by atoms with van der Waals surface area (Å²) < 4.78 is 36.9. The van der Waals surface area contributed by atoms with Crippen LogP contribution in [-0.4, -0.2) is 0 Å². The van der Waals surface area contributed by atoms with Crippen LogP contribution in [0.1, 0.15) is 24.5 Å². The van der Waals surface area contributed by atoms with Crippen molar-refractivity contribution in [2.75, 3.05) is 0 Å². The normalized spacial score (nSPS) is 10.8. The molecule has 0 aliphatic rings. The van der Waals surface area contributed by atoms with E-state index in [1.165, 1.54) is 6.07 Å². The van der Waals surface area contributed by atoms with E-state index in [2.05, 4.69) is 0 Å². The molecule has 0 spiro atoms. The predicted molar refractivity (Wildman–Crippen MR) is 40.7 cm³/mol. The fourth-order valence-corrected chi connectivity index (χ4v) is 0.968. The fraction of sp³-hybridized carbons (Fsp3) is 0.333. The summed E-state index contributed by atoms with van der Waals surface area (Å²) in [4.78, 5) is 0. The van der Waals surface area contributed by atoms with Crippen LogP contribution in [0.15, 0.2) is 18.2 Å². The molecule has 66 valence electrons. The molecule has 0 aliphatic carbocycles. The summed E-state index contributed by atoms with van der Waals surface area (Å²) in [5, 5.41) is 0. The highest BCUT2D eigenvalue weighted by Gasteiger charge is 2.12. The maximum atomic E-state index is 12.8. The Bertz CT molecular complexity index is 268. The Hall–Kier alpha value is -0.990. The Kier molecular flexibility index (Phi) is 2.74. The van der Waals surface area contributed by atoms with Crippen molar-refractivity contribution in [3.8, 4) is 0 Å². The Morgan fingerprint density at radius 2 is 2.00 bits per heavy atom. The van der Waals surface area contributed by atoms with Crippen LogP contribution in [0, 0.1) is 5.82 Å². The lowest BCUT2D eigenvalue weighted by Crippen LogP contribution is -1.92. The van der Waals surface area contributed by atoms with E-state index in [0.717, 1.165) is 17.7 Å². The Labute approximate surface area is 69.0 Å². The zero-order valence-corrected chi connectivity index (χ0v) is 6.65. The third-order valence-corrected chi connectivity index (χ3v) is 1.71. The molecular formula is C9H9F3. The van der Waals surface area contributed by atoms with E-state index in [0.29, 0.717) is 6.42 Å². The number of hydrogen-bond donors (Lipinski definition) is 0. The SMILES string of the molecule is CCc1ccc(C(F)F)c(F)c1. The molecule has 1 aromatic carbocycles. The summed E-state index contributed by atoms with van der Waals surface area (Å²) in [7, 11) is 0. The molecule has 0 saturated heterocycles. The molecule has 0 unspecified atom stereocenters. The molecule has 0 aromatic heterocycles. The summed E-state index contributed by atoms with van der Waals surface area (Å²) in [6.45, 7) is 1.84. The van der Waals surface area contributed by atoms with Crippen molar-refractivity contribution in [1.82, 2.24) is 0 Å². The summed E-state index contributed by atoms with van der Waals surface area (Å²) in [5.74, 6) is -0.815. The first kappa shape index (κ1) is 9.10. The third-order valence-electron chi connectivity index (χ3n) is 1.71. The van der Waals surface area contributed by atoms with Crippen LogP contribution >= 0.6 is 0 Å². The number of rotatable bonds is 2. The van der Waals surface area contributed by atoms with E-state index in [9.17, 15) is 13.2 Å². The molecule has 0 bridgehead atoms. The standard InChI is InChI=1S/C9H9F3/c1-2-6-3-4-7(9(11)12)8(10)5-6/h3-5,9H,2H2,1H3. The summed E-state index contributed by atoms with van der Waals surface area (Å²) in [5.41, 5.74) is 0.212. The molecule has 12 heavy (non-hydrogen) atoms. The van der Waals surface area contributed by atoms with Gasteiger partial charge in [-0.25, -0.2) is 13.2 Å². The van der Waals surface area contributed by atoms with E-state index < -0.39 is 17.8 Å². The smallest absolute Gasteiger partial charge is 0.206 e. The van der Waals surface area contributed by atoms with Gasteiger partial charge in [0.25, 0.3) is 6.43 Å². The fourth-order valence-electron chi connectivity index (χ4n) is 0.968. The maximum absolute atomic E-state index is 12.8. The van der Waals surface area contributed by atoms with Gasteiger partial charge in [0.1, 0.15) is 5.82 Å². The van der Waals surface area contributed by atoms with Gasteiger partial charge in [0, 0.05) is 0 Å². The lowest BCUT2D eigenvalue weighted by molar-refractivity contribution is 0.146. The minimum Gasteiger partial charge on any atom is -0.206 e. The molecule has 0 radical (unpaired) electrons. The highest BCUT2D eigenvalue weighted by atomic mass is 19.3. The highest BCUT2D eigenvalue weighted by Crippen LogP contribution is 2.22. The van der Waals surface area contributed by atoms with Crippen LogP contribution in [0.5, 0.6) is 0 Å². The van der Waals surface area contributed by atoms with Crippen molar-refractivity contribution < 1.29 is 13.2 Å². The van der Waals surface area contributed by atoms with E-state index in [1.807, 2.05) is 6.92 Å². The number of hydrogen-bond acceptors (Lipinski definition) is 0. The summed E-state index contributed by atoms with van der Waals surface area (Å²) >= 11 is 0. The van der Waals surface area contributed by atoms with Gasteiger partial charge in [0.05, 0.1) is 5.56 Å². The van der Waals surface area contributed by atoms with Crippen molar-refractivity contribution in [2.45, 2.75) is 19.8 Å². The zero-order valence-electron chi connectivity index (χ0n) is 6.65. The molecule has 3 heteroatoms. The monoisotopic (exact) mass is 174 g/mol. The molecular weight excluding hydrogens is 165 g/mol. The van der Waals surface area contributed by atoms with Crippen LogP contribution in [0.2, 0.25) is 0 Å². The van der Waals surface area contributed by atoms with Crippen molar-refractivity contribution in [1.29, 1.82) is 0 Å². The second-order valence-corrected chi connectivity index (χ2v) is 2.51. The lowest BCUT2D eigenvalue weighted by Gasteiger charge is -2.02. The van der Waals surface area contributed by atoms with Gasteiger partial charge in [-0.15, -0.1) is 0 Å². The van der Waals surface area contributed by atoms with Crippen molar-refractivity contribution in [3.05, 3.63) is 35.1 Å². The van der Waals surface area contributed by atoms with Crippen molar-refractivity contribution in [2.24, 2.45) is 0 Å². The molecule has 0 aliphatic heterocycles. The van der Waals surface area contributed by atoms with Crippen LogP contribution in [-0.2, 0) is 6.42 Å². The molecule has 0 heterocycles. The Balaban J connectivity index is 3.03. The largest absolute Gasteiger partial charge is 0.266 e. The van der Waals surface area contributed by atoms with Gasteiger partial charge in [-0.05, 0) is 18.1 Å². The number of aryl methyl sites for hydroxylation is 1. The highest BCUT2D eigenvalue weighted by molar-refractivity contribution is 5.25. The average molecular weight is 174 g/mol. The third kappa shape index (κ3) is 1.78. The minimum absolute atomic E-state index is 0.521. The van der Waals surface area contributed by atoms with E-state index in [-0.39, 0.29) is 0 Å². The lowest BCUT2D eigenvalue weighted by atomic mass is 10.1. The first-order valence-electron chi connectivity index (χ1n) is 3.71. The molecule has 0 fully saturated rings. The molecule has 1 aromatic rings. The first-order valence-corrected chi connectivity index (χ1v) is 3.71. The van der Waals surface area contributed by atoms with Gasteiger partial charge in [-0.1, -0.05) is 19.1 Å². The molecule has 0 saturated carbocycles. The van der Waals surface area contributed by atoms with Gasteiger partial charge in [0.15, 0.2) is 0 Å². The van der Waals surface area contributed by atoms with Crippen LogP contribution in [0.3, 0.4) is 0 Å². The zero-order chi connectivity index (χ0) is 9.14. The number of benzene rings is 1. The van der Waals surface area contributed by atoms with Crippen LogP contribution in [0.4, 0.5) is 13.2 Å². The van der Waals surface area contributed by atoms with Gasteiger partial charge < -0.3 is 0 Å². The first-order chi connectivity index (χ1) is 5.65. The number of alkyl halides is 2. The van der Waals surface area contributed by atoms with Crippen LogP contribution in [0.25, 0.3) is 0 Å². The van der Waals surface area contributed by atoms with E-state index in [1.54, 1.807) is 0 Å².